The number of benzene rings is 2. The minimum atomic E-state index is 0.226. The summed E-state index contributed by atoms with van der Waals surface area (Å²) in [5.74, 6) is 1.23. The van der Waals surface area contributed by atoms with Crippen molar-refractivity contribution in [3.8, 4) is 11.3 Å². The molecule has 0 amide bonds. The predicted molar refractivity (Wildman–Crippen MR) is 135 cm³/mol. The molecule has 0 bridgehead atoms. The van der Waals surface area contributed by atoms with Crippen LogP contribution >= 0.6 is 0 Å². The first-order valence-corrected chi connectivity index (χ1v) is 12.7. The number of hydrogen-bond acceptors (Lipinski definition) is 4. The molecule has 1 aliphatic heterocycles. The van der Waals surface area contributed by atoms with Gasteiger partial charge in [-0.2, -0.15) is 5.10 Å². The number of rotatable bonds is 5. The van der Waals surface area contributed by atoms with Gasteiger partial charge < -0.3 is 9.72 Å². The van der Waals surface area contributed by atoms with Crippen LogP contribution in [0.15, 0.2) is 60.8 Å². The van der Waals surface area contributed by atoms with E-state index in [1.807, 2.05) is 0 Å². The molecule has 0 spiro atoms. The first-order chi connectivity index (χ1) is 16.7. The highest BCUT2D eigenvalue weighted by atomic mass is 16.5. The second-order valence-electron chi connectivity index (χ2n) is 9.78. The quantitative estimate of drug-likeness (QED) is 0.438. The summed E-state index contributed by atoms with van der Waals surface area (Å²) in [5, 5.41) is 4.99. The number of nitrogens with one attached hydrogen (secondary N) is 1. The Balaban J connectivity index is 1.16. The lowest BCUT2D eigenvalue weighted by atomic mass is 9.90. The molecule has 1 saturated heterocycles. The molecule has 1 saturated carbocycles. The molecule has 34 heavy (non-hydrogen) atoms. The summed E-state index contributed by atoms with van der Waals surface area (Å²) in [6.07, 6.45) is 7.06. The molecule has 1 aliphatic carbocycles. The molecule has 2 aromatic heterocycles. The fourth-order valence-electron chi connectivity index (χ4n) is 5.62. The van der Waals surface area contributed by atoms with Gasteiger partial charge >= 0.3 is 0 Å². The summed E-state index contributed by atoms with van der Waals surface area (Å²) in [6, 6.07) is 20.3. The maximum atomic E-state index is 5.52. The highest BCUT2D eigenvalue weighted by molar-refractivity contribution is 5.81. The summed E-state index contributed by atoms with van der Waals surface area (Å²) in [6.45, 7) is 6.14. The maximum absolute atomic E-state index is 5.52. The van der Waals surface area contributed by atoms with Gasteiger partial charge in [0, 0.05) is 36.8 Å². The summed E-state index contributed by atoms with van der Waals surface area (Å²) < 4.78 is 7.72. The van der Waals surface area contributed by atoms with Gasteiger partial charge in [0.05, 0.1) is 36.0 Å². The van der Waals surface area contributed by atoms with Crippen molar-refractivity contribution in [2.24, 2.45) is 0 Å². The molecule has 6 heteroatoms. The average molecular weight is 456 g/mol. The van der Waals surface area contributed by atoms with Crippen molar-refractivity contribution >= 4 is 11.0 Å². The van der Waals surface area contributed by atoms with E-state index in [4.69, 9.17) is 14.8 Å². The maximum Gasteiger partial charge on any atom is 0.114 e. The number of hydrogen-bond donors (Lipinski definition) is 1. The molecule has 2 aromatic carbocycles. The van der Waals surface area contributed by atoms with Crippen LogP contribution in [-0.4, -0.2) is 57.0 Å². The topological polar surface area (TPSA) is 59.0 Å². The molecular weight excluding hydrogens is 422 g/mol. The molecule has 1 unspecified atom stereocenters. The average Bonchev–Trinajstić information content (AvgIpc) is 3.57. The predicted octanol–water partition coefficient (Wildman–Crippen LogP) is 5.39. The van der Waals surface area contributed by atoms with Gasteiger partial charge in [-0.25, -0.2) is 4.98 Å². The van der Waals surface area contributed by atoms with Crippen LogP contribution in [0.1, 0.15) is 56.0 Å². The van der Waals surface area contributed by atoms with Crippen LogP contribution in [0.3, 0.4) is 0 Å². The minimum Gasteiger partial charge on any atom is -0.379 e. The van der Waals surface area contributed by atoms with E-state index in [2.05, 4.69) is 82.3 Å². The molecule has 176 valence electrons. The van der Waals surface area contributed by atoms with Crippen LogP contribution in [-0.2, 0) is 4.74 Å². The first-order valence-electron chi connectivity index (χ1n) is 12.7. The molecular formula is C28H33N5O. The van der Waals surface area contributed by atoms with Crippen LogP contribution in [0, 0.1) is 0 Å². The normalized spacial score (nSPS) is 22.7. The van der Waals surface area contributed by atoms with Crippen molar-refractivity contribution in [3.05, 3.63) is 72.2 Å². The van der Waals surface area contributed by atoms with Gasteiger partial charge in [-0.1, -0.05) is 43.3 Å². The van der Waals surface area contributed by atoms with E-state index >= 15 is 0 Å². The van der Waals surface area contributed by atoms with Crippen LogP contribution in [0.25, 0.3) is 22.3 Å². The highest BCUT2D eigenvalue weighted by Crippen LogP contribution is 2.32. The third-order valence-electron chi connectivity index (χ3n) is 7.72. The second kappa shape index (κ2) is 9.35. The van der Waals surface area contributed by atoms with E-state index in [9.17, 15) is 0 Å². The van der Waals surface area contributed by atoms with Gasteiger partial charge in [-0.15, -0.1) is 0 Å². The van der Waals surface area contributed by atoms with Crippen molar-refractivity contribution < 1.29 is 4.74 Å². The van der Waals surface area contributed by atoms with Gasteiger partial charge in [-0.05, 0) is 49.4 Å². The van der Waals surface area contributed by atoms with Crippen molar-refractivity contribution in [2.45, 2.75) is 50.6 Å². The SMILES string of the molecule is CC(c1ccccc1)c1nc2ccc(-c3ccn(C4CCC(N5CCOCC5)CC4)n3)cc2[nH]1. The van der Waals surface area contributed by atoms with E-state index in [1.54, 1.807) is 0 Å². The smallest absolute Gasteiger partial charge is 0.114 e. The molecule has 0 radical (unpaired) electrons. The van der Waals surface area contributed by atoms with Gasteiger partial charge in [0.1, 0.15) is 5.82 Å². The van der Waals surface area contributed by atoms with E-state index in [0.717, 1.165) is 54.4 Å². The fraction of sp³-hybridized carbons (Fsp3) is 0.429. The number of imidazole rings is 1. The number of ether oxygens (including phenoxy) is 1. The lowest BCUT2D eigenvalue weighted by Crippen LogP contribution is -2.45. The number of H-pyrrole nitrogens is 1. The Kier molecular flexibility index (Phi) is 5.93. The molecule has 1 atom stereocenters. The van der Waals surface area contributed by atoms with Crippen LogP contribution in [0.5, 0.6) is 0 Å². The molecule has 4 aromatic rings. The minimum absolute atomic E-state index is 0.226. The summed E-state index contributed by atoms with van der Waals surface area (Å²) in [7, 11) is 0. The third kappa shape index (κ3) is 4.28. The Labute approximate surface area is 201 Å². The van der Waals surface area contributed by atoms with Gasteiger partial charge in [0.15, 0.2) is 0 Å². The van der Waals surface area contributed by atoms with E-state index in [1.165, 1.54) is 31.2 Å². The van der Waals surface area contributed by atoms with Crippen molar-refractivity contribution in [3.63, 3.8) is 0 Å². The Morgan fingerprint density at radius 1 is 0.941 bits per heavy atom. The summed E-state index contributed by atoms with van der Waals surface area (Å²) in [4.78, 5) is 11.0. The fourth-order valence-corrected chi connectivity index (χ4v) is 5.62. The Morgan fingerprint density at radius 3 is 2.50 bits per heavy atom. The summed E-state index contributed by atoms with van der Waals surface area (Å²) in [5.41, 5.74) is 5.50. The standard InChI is InChI=1S/C28H33N5O/c1-20(21-5-3-2-4-6-21)28-29-26-12-7-22(19-27(26)30-28)25-13-14-33(31-25)24-10-8-23(9-11-24)32-15-17-34-18-16-32/h2-7,12-14,19-20,23-24H,8-11,15-18H2,1H3,(H,29,30). The Hall–Kier alpha value is -2.96. The van der Waals surface area contributed by atoms with Gasteiger partial charge in [0.25, 0.3) is 0 Å². The zero-order valence-electron chi connectivity index (χ0n) is 19.9. The van der Waals surface area contributed by atoms with Crippen molar-refractivity contribution in [2.75, 3.05) is 26.3 Å². The molecule has 1 N–H and O–H groups in total. The lowest BCUT2D eigenvalue weighted by Gasteiger charge is -2.38. The number of nitrogens with zero attached hydrogens (tertiary/aromatic N) is 4. The molecule has 6 nitrogen and oxygen atoms in total. The van der Waals surface area contributed by atoms with Crippen molar-refractivity contribution in [1.82, 2.24) is 24.6 Å². The molecule has 3 heterocycles. The van der Waals surface area contributed by atoms with E-state index in [-0.39, 0.29) is 5.92 Å². The second-order valence-corrected chi connectivity index (χ2v) is 9.78. The van der Waals surface area contributed by atoms with Crippen molar-refractivity contribution in [1.29, 1.82) is 0 Å². The number of morpholine rings is 1. The number of aromatic amines is 1. The van der Waals surface area contributed by atoms with Gasteiger partial charge in [-0.3, -0.25) is 9.58 Å². The highest BCUT2D eigenvalue weighted by Gasteiger charge is 2.28. The van der Waals surface area contributed by atoms with Crippen LogP contribution < -0.4 is 0 Å². The number of fused-ring (bicyclic) bond motifs is 1. The zero-order valence-corrected chi connectivity index (χ0v) is 19.9. The summed E-state index contributed by atoms with van der Waals surface area (Å²) >= 11 is 0. The monoisotopic (exact) mass is 455 g/mol. The van der Waals surface area contributed by atoms with Crippen LogP contribution in [0.2, 0.25) is 0 Å². The molecule has 2 fully saturated rings. The largest absolute Gasteiger partial charge is 0.379 e. The molecule has 2 aliphatic rings. The first kappa shape index (κ1) is 21.6. The van der Waals surface area contributed by atoms with Gasteiger partial charge in [0.2, 0.25) is 0 Å². The Morgan fingerprint density at radius 2 is 1.71 bits per heavy atom. The third-order valence-corrected chi connectivity index (χ3v) is 7.72. The van der Waals surface area contributed by atoms with E-state index in [0.29, 0.717) is 12.1 Å². The van der Waals surface area contributed by atoms with Crippen LogP contribution in [0.4, 0.5) is 0 Å². The zero-order chi connectivity index (χ0) is 22.9. The Bertz CT molecular complexity index is 1230. The number of aromatic nitrogens is 4. The lowest BCUT2D eigenvalue weighted by molar-refractivity contribution is 0.00507. The molecule has 6 rings (SSSR count). The van der Waals surface area contributed by atoms with E-state index < -0.39 is 0 Å².